The molecule has 0 radical (unpaired) electrons. The lowest BCUT2D eigenvalue weighted by molar-refractivity contribution is 0.0394. The van der Waals surface area contributed by atoms with Crippen molar-refractivity contribution in [3.8, 4) is 6.07 Å². The molecule has 2 aliphatic heterocycles. The smallest absolute Gasteiger partial charge is 0.262 e. The number of fused-ring (bicyclic) bond motifs is 1. The second kappa shape index (κ2) is 4.43. The van der Waals surface area contributed by atoms with E-state index in [1.807, 2.05) is 7.05 Å². The Balaban J connectivity index is 2.02. The van der Waals surface area contributed by atoms with Gasteiger partial charge in [0.15, 0.2) is 0 Å². The maximum absolute atomic E-state index is 12.5. The van der Waals surface area contributed by atoms with Crippen LogP contribution in [0, 0.1) is 11.3 Å². The largest absolute Gasteiger partial charge is 0.306 e. The van der Waals surface area contributed by atoms with Crippen LogP contribution in [-0.4, -0.2) is 47.3 Å². The average molecular weight is 269 g/mol. The fourth-order valence-corrected chi connectivity index (χ4v) is 2.95. The maximum Gasteiger partial charge on any atom is 0.262 e. The van der Waals surface area contributed by atoms with Gasteiger partial charge in [0.1, 0.15) is 5.54 Å². The molecule has 1 aromatic carbocycles. The van der Waals surface area contributed by atoms with Crippen molar-refractivity contribution < 1.29 is 9.59 Å². The molecule has 0 aromatic heterocycles. The number of amides is 2. The first-order valence-electron chi connectivity index (χ1n) is 6.67. The topological polar surface area (TPSA) is 64.4 Å². The van der Waals surface area contributed by atoms with Crippen molar-refractivity contribution in [2.45, 2.75) is 18.4 Å². The summed E-state index contributed by atoms with van der Waals surface area (Å²) in [5.74, 6) is -0.673. The fourth-order valence-electron chi connectivity index (χ4n) is 2.95. The van der Waals surface area contributed by atoms with Gasteiger partial charge in [-0.15, -0.1) is 0 Å². The SMILES string of the molecule is CN1CCC(C#N)(N2C(=O)c3ccccc3C2=O)CC1. The number of benzene rings is 1. The first-order chi connectivity index (χ1) is 9.59. The van der Waals surface area contributed by atoms with Gasteiger partial charge in [-0.1, -0.05) is 12.1 Å². The summed E-state index contributed by atoms with van der Waals surface area (Å²) < 4.78 is 0. The Bertz CT molecular complexity index is 589. The standard InChI is InChI=1S/C15H15N3O2/c1-17-8-6-15(10-16,7-9-17)18-13(19)11-4-2-3-5-12(11)14(18)20/h2-5H,6-9H2,1H3. The molecule has 1 fully saturated rings. The Morgan fingerprint density at radius 3 is 2.05 bits per heavy atom. The Hall–Kier alpha value is -2.19. The summed E-state index contributed by atoms with van der Waals surface area (Å²) in [6.45, 7) is 1.42. The van der Waals surface area contributed by atoms with Gasteiger partial charge in [0, 0.05) is 13.1 Å². The van der Waals surface area contributed by atoms with E-state index in [0.29, 0.717) is 37.1 Å². The van der Waals surface area contributed by atoms with Crippen LogP contribution < -0.4 is 0 Å². The van der Waals surface area contributed by atoms with Gasteiger partial charge in [-0.25, -0.2) is 0 Å². The van der Waals surface area contributed by atoms with Crippen molar-refractivity contribution in [1.29, 1.82) is 5.26 Å². The van der Waals surface area contributed by atoms with Crippen LogP contribution in [0.15, 0.2) is 24.3 Å². The minimum Gasteiger partial charge on any atom is -0.306 e. The van der Waals surface area contributed by atoms with Gasteiger partial charge in [-0.2, -0.15) is 5.26 Å². The van der Waals surface area contributed by atoms with Gasteiger partial charge >= 0.3 is 0 Å². The normalized spacial score (nSPS) is 21.7. The average Bonchev–Trinajstić information content (AvgIpc) is 2.74. The predicted molar refractivity (Wildman–Crippen MR) is 72.0 cm³/mol. The number of piperidine rings is 1. The highest BCUT2D eigenvalue weighted by Crippen LogP contribution is 2.35. The molecule has 1 aromatic rings. The molecule has 0 saturated carbocycles. The van der Waals surface area contributed by atoms with Crippen molar-refractivity contribution in [1.82, 2.24) is 9.80 Å². The van der Waals surface area contributed by atoms with Gasteiger partial charge < -0.3 is 4.90 Å². The zero-order chi connectivity index (χ0) is 14.3. The van der Waals surface area contributed by atoms with Crippen molar-refractivity contribution in [2.75, 3.05) is 20.1 Å². The van der Waals surface area contributed by atoms with Crippen LogP contribution in [0.2, 0.25) is 0 Å². The lowest BCUT2D eigenvalue weighted by Gasteiger charge is -2.40. The number of nitrogens with zero attached hydrogens (tertiary/aromatic N) is 3. The van der Waals surface area contributed by atoms with E-state index in [-0.39, 0.29) is 11.8 Å². The molecule has 2 aliphatic rings. The molecule has 102 valence electrons. The Morgan fingerprint density at radius 2 is 1.60 bits per heavy atom. The van der Waals surface area contributed by atoms with Gasteiger partial charge in [0.05, 0.1) is 17.2 Å². The first-order valence-corrected chi connectivity index (χ1v) is 6.67. The molecule has 3 rings (SSSR count). The highest BCUT2D eigenvalue weighted by Gasteiger charge is 2.50. The highest BCUT2D eigenvalue weighted by atomic mass is 16.2. The van der Waals surface area contributed by atoms with Crippen LogP contribution in [0.25, 0.3) is 0 Å². The summed E-state index contributed by atoms with van der Waals surface area (Å²) >= 11 is 0. The van der Waals surface area contributed by atoms with Gasteiger partial charge in [-0.3, -0.25) is 14.5 Å². The third-order valence-corrected chi connectivity index (χ3v) is 4.24. The van der Waals surface area contributed by atoms with Crippen LogP contribution >= 0.6 is 0 Å². The molecule has 0 bridgehead atoms. The Labute approximate surface area is 117 Å². The molecular weight excluding hydrogens is 254 g/mol. The molecule has 2 amide bonds. The van der Waals surface area contributed by atoms with Crippen molar-refractivity contribution in [3.63, 3.8) is 0 Å². The summed E-state index contributed by atoms with van der Waals surface area (Å²) in [6.07, 6.45) is 1.01. The Morgan fingerprint density at radius 1 is 1.10 bits per heavy atom. The summed E-state index contributed by atoms with van der Waals surface area (Å²) in [6, 6.07) is 9.00. The summed E-state index contributed by atoms with van der Waals surface area (Å²) in [5.41, 5.74) is -0.184. The molecule has 0 atom stereocenters. The van der Waals surface area contributed by atoms with E-state index in [9.17, 15) is 14.9 Å². The molecule has 5 heteroatoms. The lowest BCUT2D eigenvalue weighted by atomic mass is 9.87. The maximum atomic E-state index is 12.5. The number of likely N-dealkylation sites (tertiary alicyclic amines) is 1. The van der Waals surface area contributed by atoms with E-state index in [0.717, 1.165) is 0 Å². The molecular formula is C15H15N3O2. The molecule has 5 nitrogen and oxygen atoms in total. The molecule has 2 heterocycles. The predicted octanol–water partition coefficient (Wildman–Crippen LogP) is 1.27. The van der Waals surface area contributed by atoms with E-state index in [1.54, 1.807) is 24.3 Å². The number of carbonyl (C=O) groups is 2. The van der Waals surface area contributed by atoms with Gasteiger partial charge in [0.25, 0.3) is 11.8 Å². The van der Waals surface area contributed by atoms with E-state index in [4.69, 9.17) is 0 Å². The third-order valence-electron chi connectivity index (χ3n) is 4.24. The van der Waals surface area contributed by atoms with E-state index in [2.05, 4.69) is 11.0 Å². The number of nitriles is 1. The fraction of sp³-hybridized carbons (Fsp3) is 0.400. The molecule has 0 spiro atoms. The van der Waals surface area contributed by atoms with E-state index in [1.165, 1.54) is 4.90 Å². The van der Waals surface area contributed by atoms with Crippen molar-refractivity contribution in [2.24, 2.45) is 0 Å². The molecule has 0 N–H and O–H groups in total. The second-order valence-electron chi connectivity index (χ2n) is 5.44. The molecule has 1 saturated heterocycles. The zero-order valence-corrected chi connectivity index (χ0v) is 11.3. The van der Waals surface area contributed by atoms with Crippen LogP contribution in [0.4, 0.5) is 0 Å². The lowest BCUT2D eigenvalue weighted by Crippen LogP contribution is -2.56. The second-order valence-corrected chi connectivity index (χ2v) is 5.44. The zero-order valence-electron chi connectivity index (χ0n) is 11.3. The molecule has 0 aliphatic carbocycles. The summed E-state index contributed by atoms with van der Waals surface area (Å²) in [4.78, 5) is 28.3. The van der Waals surface area contributed by atoms with Crippen molar-refractivity contribution in [3.05, 3.63) is 35.4 Å². The summed E-state index contributed by atoms with van der Waals surface area (Å²) in [7, 11) is 1.98. The van der Waals surface area contributed by atoms with Crippen molar-refractivity contribution >= 4 is 11.8 Å². The number of hydrogen-bond donors (Lipinski definition) is 0. The van der Waals surface area contributed by atoms with Crippen LogP contribution in [0.5, 0.6) is 0 Å². The third kappa shape index (κ3) is 1.65. The molecule has 0 unspecified atom stereocenters. The number of carbonyl (C=O) groups excluding carboxylic acids is 2. The van der Waals surface area contributed by atoms with Gasteiger partial charge in [-0.05, 0) is 32.0 Å². The summed E-state index contributed by atoms with van der Waals surface area (Å²) in [5, 5.41) is 9.59. The Kier molecular flexibility index (Phi) is 2.84. The quantitative estimate of drug-likeness (QED) is 0.720. The highest BCUT2D eigenvalue weighted by molar-refractivity contribution is 6.22. The van der Waals surface area contributed by atoms with Crippen LogP contribution in [0.3, 0.4) is 0 Å². The van der Waals surface area contributed by atoms with E-state index < -0.39 is 5.54 Å². The van der Waals surface area contributed by atoms with Crippen LogP contribution in [0.1, 0.15) is 33.6 Å². The first kappa shape index (κ1) is 12.8. The number of rotatable bonds is 1. The van der Waals surface area contributed by atoms with Gasteiger partial charge in [0.2, 0.25) is 0 Å². The monoisotopic (exact) mass is 269 g/mol. The van der Waals surface area contributed by atoms with Crippen LogP contribution in [-0.2, 0) is 0 Å². The van der Waals surface area contributed by atoms with E-state index >= 15 is 0 Å². The molecule has 20 heavy (non-hydrogen) atoms. The minimum atomic E-state index is -1.00. The number of imide groups is 1. The minimum absolute atomic E-state index is 0.336. The number of hydrogen-bond acceptors (Lipinski definition) is 4.